The van der Waals surface area contributed by atoms with Crippen LogP contribution < -0.4 is 5.32 Å². The number of benzene rings is 1. The van der Waals surface area contributed by atoms with Crippen molar-refractivity contribution in [2.24, 2.45) is 0 Å². The number of carbonyl (C=O) groups is 1. The largest absolute Gasteiger partial charge is 0.506 e. The van der Waals surface area contributed by atoms with E-state index in [2.05, 4.69) is 15.3 Å². The zero-order chi connectivity index (χ0) is 18.4. The second kappa shape index (κ2) is 7.47. The maximum atomic E-state index is 10.6. The zero-order valence-corrected chi connectivity index (χ0v) is 12.5. The summed E-state index contributed by atoms with van der Waals surface area (Å²) in [5.74, 6) is -2.59. The topological polar surface area (TPSA) is 95.3 Å². The molecule has 3 aromatic rings. The number of phenolic OH excluding ortho intramolecular Hbond substituents is 1. The number of aromatic hydroxyl groups is 1. The van der Waals surface area contributed by atoms with Crippen molar-refractivity contribution < 1.29 is 28.2 Å². The Bertz CT molecular complexity index is 871. The van der Waals surface area contributed by atoms with Crippen molar-refractivity contribution in [3.63, 3.8) is 0 Å². The molecule has 0 aliphatic carbocycles. The van der Waals surface area contributed by atoms with Crippen molar-refractivity contribution >= 4 is 28.2 Å². The summed E-state index contributed by atoms with van der Waals surface area (Å²) in [6, 6.07) is 11.1. The maximum absolute atomic E-state index is 10.6. The summed E-state index contributed by atoms with van der Waals surface area (Å²) < 4.78 is 31.7. The Balaban J connectivity index is 0.000000277. The first-order valence-electron chi connectivity index (χ1n) is 6.82. The molecule has 2 aromatic heterocycles. The molecule has 0 fully saturated rings. The Morgan fingerprint density at radius 1 is 1.04 bits per heavy atom. The predicted octanol–water partition coefficient (Wildman–Crippen LogP) is 3.71. The van der Waals surface area contributed by atoms with Gasteiger partial charge in [-0.1, -0.05) is 6.07 Å². The number of aromatic nitrogens is 2. The fourth-order valence-corrected chi connectivity index (χ4v) is 1.85. The van der Waals surface area contributed by atoms with Crippen LogP contribution in [0.5, 0.6) is 5.75 Å². The smallest absolute Gasteiger partial charge is 0.490 e. The van der Waals surface area contributed by atoms with E-state index in [9.17, 15) is 18.3 Å². The van der Waals surface area contributed by atoms with E-state index in [0.717, 1.165) is 16.8 Å². The van der Waals surface area contributed by atoms with Crippen molar-refractivity contribution in [3.8, 4) is 5.75 Å². The number of alkyl halides is 3. The molecular formula is C16H12F3N3O3. The molecule has 0 amide bonds. The van der Waals surface area contributed by atoms with Crippen LogP contribution in [0, 0.1) is 0 Å². The highest BCUT2D eigenvalue weighted by molar-refractivity contribution is 5.88. The number of hydrogen-bond acceptors (Lipinski definition) is 5. The first-order valence-corrected chi connectivity index (χ1v) is 6.82. The Labute approximate surface area is 139 Å². The third-order valence-electron chi connectivity index (χ3n) is 2.90. The lowest BCUT2D eigenvalue weighted by Crippen LogP contribution is -2.21. The number of halogens is 3. The number of rotatable bonds is 2. The van der Waals surface area contributed by atoms with Crippen LogP contribution in [0.15, 0.2) is 55.0 Å². The monoisotopic (exact) mass is 351 g/mol. The molecule has 0 aliphatic rings. The quantitative estimate of drug-likeness (QED) is 0.651. The van der Waals surface area contributed by atoms with Crippen LogP contribution in [0.1, 0.15) is 0 Å². The van der Waals surface area contributed by atoms with Crippen molar-refractivity contribution in [2.45, 2.75) is 6.18 Å². The molecule has 3 N–H and O–H groups in total. The minimum atomic E-state index is -5.08. The number of aliphatic carboxylic acids is 1. The number of hydrogen-bond donors (Lipinski definition) is 3. The number of carboxylic acid groups (broad SMARTS) is 1. The zero-order valence-electron chi connectivity index (χ0n) is 12.5. The molecule has 6 nitrogen and oxygen atoms in total. The van der Waals surface area contributed by atoms with Crippen LogP contribution in [0.4, 0.5) is 24.5 Å². The standard InChI is InChI=1S/C14H11N3O.C2HF3O2/c18-13-9-12(17-11-3-6-15-7-4-11)8-10-2-1-5-16-14(10)13;3-2(4,5)1(6)7/h1-9,18H,(H,15,17);(H,6,7). The Morgan fingerprint density at radius 2 is 1.68 bits per heavy atom. The van der Waals surface area contributed by atoms with E-state index in [1.54, 1.807) is 24.7 Å². The van der Waals surface area contributed by atoms with Gasteiger partial charge < -0.3 is 15.5 Å². The van der Waals surface area contributed by atoms with Gasteiger partial charge in [-0.2, -0.15) is 13.2 Å². The Morgan fingerprint density at radius 3 is 2.28 bits per heavy atom. The Kier molecular flexibility index (Phi) is 5.38. The van der Waals surface area contributed by atoms with Crippen molar-refractivity contribution in [1.29, 1.82) is 0 Å². The van der Waals surface area contributed by atoms with E-state index in [4.69, 9.17) is 9.90 Å². The van der Waals surface area contributed by atoms with Crippen LogP contribution in [-0.4, -0.2) is 32.3 Å². The molecule has 9 heteroatoms. The van der Waals surface area contributed by atoms with Gasteiger partial charge in [0.1, 0.15) is 11.3 Å². The van der Waals surface area contributed by atoms with Gasteiger partial charge in [0.2, 0.25) is 0 Å². The van der Waals surface area contributed by atoms with E-state index in [-0.39, 0.29) is 5.75 Å². The highest BCUT2D eigenvalue weighted by atomic mass is 19.4. The maximum Gasteiger partial charge on any atom is 0.490 e. The molecule has 0 saturated heterocycles. The van der Waals surface area contributed by atoms with Crippen molar-refractivity contribution in [1.82, 2.24) is 9.97 Å². The van der Waals surface area contributed by atoms with E-state index < -0.39 is 12.1 Å². The number of nitrogens with zero attached hydrogens (tertiary/aromatic N) is 2. The lowest BCUT2D eigenvalue weighted by molar-refractivity contribution is -0.192. The summed E-state index contributed by atoms with van der Waals surface area (Å²) in [5, 5.41) is 21.1. The highest BCUT2D eigenvalue weighted by Gasteiger charge is 2.38. The molecule has 0 aliphatic heterocycles. The van der Waals surface area contributed by atoms with Gasteiger partial charge in [0.15, 0.2) is 0 Å². The molecule has 0 unspecified atom stereocenters. The highest BCUT2D eigenvalue weighted by Crippen LogP contribution is 2.28. The van der Waals surface area contributed by atoms with Gasteiger partial charge >= 0.3 is 12.1 Å². The van der Waals surface area contributed by atoms with Gasteiger partial charge in [0, 0.05) is 41.4 Å². The summed E-state index contributed by atoms with van der Waals surface area (Å²) in [6.45, 7) is 0. The van der Waals surface area contributed by atoms with Gasteiger partial charge in [-0.3, -0.25) is 9.97 Å². The van der Waals surface area contributed by atoms with Gasteiger partial charge in [0.25, 0.3) is 0 Å². The molecule has 0 saturated carbocycles. The first kappa shape index (κ1) is 18.0. The van der Waals surface area contributed by atoms with Crippen LogP contribution in [-0.2, 0) is 4.79 Å². The summed E-state index contributed by atoms with van der Waals surface area (Å²) in [6.07, 6.45) is 0.00755. The second-order valence-corrected chi connectivity index (χ2v) is 4.73. The van der Waals surface area contributed by atoms with Crippen molar-refractivity contribution in [3.05, 3.63) is 55.0 Å². The average molecular weight is 351 g/mol. The molecule has 2 heterocycles. The van der Waals surface area contributed by atoms with Gasteiger partial charge in [0.05, 0.1) is 0 Å². The lowest BCUT2D eigenvalue weighted by Gasteiger charge is -2.08. The molecule has 130 valence electrons. The number of anilines is 2. The molecular weight excluding hydrogens is 339 g/mol. The van der Waals surface area contributed by atoms with Crippen LogP contribution in [0.3, 0.4) is 0 Å². The van der Waals surface area contributed by atoms with Crippen LogP contribution in [0.25, 0.3) is 10.9 Å². The van der Waals surface area contributed by atoms with Gasteiger partial charge in [-0.25, -0.2) is 4.79 Å². The lowest BCUT2D eigenvalue weighted by atomic mass is 10.2. The van der Waals surface area contributed by atoms with Crippen LogP contribution >= 0.6 is 0 Å². The second-order valence-electron chi connectivity index (χ2n) is 4.73. The third-order valence-corrected chi connectivity index (χ3v) is 2.90. The number of fused-ring (bicyclic) bond motifs is 1. The number of pyridine rings is 2. The van der Waals surface area contributed by atoms with Crippen molar-refractivity contribution in [2.75, 3.05) is 5.32 Å². The first-order chi connectivity index (χ1) is 11.8. The van der Waals surface area contributed by atoms with Gasteiger partial charge in [-0.05, 0) is 24.3 Å². The number of carboxylic acids is 1. The minimum absolute atomic E-state index is 0.171. The minimum Gasteiger partial charge on any atom is -0.506 e. The molecule has 0 spiro atoms. The predicted molar refractivity (Wildman–Crippen MR) is 84.6 cm³/mol. The van der Waals surface area contributed by atoms with Gasteiger partial charge in [-0.15, -0.1) is 0 Å². The number of nitrogens with one attached hydrogen (secondary N) is 1. The van der Waals surface area contributed by atoms with E-state index in [1.807, 2.05) is 30.3 Å². The van der Waals surface area contributed by atoms with E-state index >= 15 is 0 Å². The fraction of sp³-hybridized carbons (Fsp3) is 0.0625. The average Bonchev–Trinajstić information content (AvgIpc) is 2.55. The molecule has 0 atom stereocenters. The van der Waals surface area contributed by atoms with Crippen LogP contribution in [0.2, 0.25) is 0 Å². The summed E-state index contributed by atoms with van der Waals surface area (Å²) in [7, 11) is 0. The molecule has 0 bridgehead atoms. The summed E-state index contributed by atoms with van der Waals surface area (Å²) in [5.41, 5.74) is 2.35. The number of phenols is 1. The normalized spacial score (nSPS) is 10.7. The third kappa shape index (κ3) is 5.06. The molecule has 1 aromatic carbocycles. The summed E-state index contributed by atoms with van der Waals surface area (Å²) >= 11 is 0. The Hall–Kier alpha value is -3.36. The van der Waals surface area contributed by atoms with E-state index in [0.29, 0.717) is 5.52 Å². The fourth-order valence-electron chi connectivity index (χ4n) is 1.85. The SMILES string of the molecule is O=C(O)C(F)(F)F.Oc1cc(Nc2ccncc2)cc2cccnc12. The summed E-state index contributed by atoms with van der Waals surface area (Å²) in [4.78, 5) is 17.0. The molecule has 0 radical (unpaired) electrons. The van der Waals surface area contributed by atoms with E-state index in [1.165, 1.54) is 0 Å². The molecule has 25 heavy (non-hydrogen) atoms. The molecule has 3 rings (SSSR count).